The third-order valence-electron chi connectivity index (χ3n) is 3.12. The van der Waals surface area contributed by atoms with Gasteiger partial charge in [-0.1, -0.05) is 24.0 Å². The number of hydrogen-bond acceptors (Lipinski definition) is 3. The summed E-state index contributed by atoms with van der Waals surface area (Å²) in [4.78, 5) is 11.7. The summed E-state index contributed by atoms with van der Waals surface area (Å²) in [6, 6.07) is 10.5. The molecule has 0 unspecified atom stereocenters. The van der Waals surface area contributed by atoms with Crippen molar-refractivity contribution in [3.63, 3.8) is 0 Å². The van der Waals surface area contributed by atoms with E-state index in [1.807, 2.05) is 24.3 Å². The third kappa shape index (κ3) is 3.74. The number of rotatable bonds is 2. The van der Waals surface area contributed by atoms with Gasteiger partial charge in [0, 0.05) is 35.3 Å². The van der Waals surface area contributed by atoms with Gasteiger partial charge in [-0.3, -0.25) is 4.98 Å². The molecule has 0 fully saturated rings. The molecule has 23 heavy (non-hydrogen) atoms. The molecule has 2 aromatic heterocycles. The quantitative estimate of drug-likeness (QED) is 0.675. The number of aromatic nitrogens is 3. The second-order valence-corrected chi connectivity index (χ2v) is 4.73. The number of nitrogens with zero attached hydrogens (tertiary/aromatic N) is 3. The van der Waals surface area contributed by atoms with Gasteiger partial charge in [0.2, 0.25) is 0 Å². The number of hydrogen-bond donors (Lipinski definition) is 0. The first-order valence-corrected chi connectivity index (χ1v) is 6.84. The summed E-state index contributed by atoms with van der Waals surface area (Å²) < 4.78 is 24.9. The fraction of sp³-hybridized carbons (Fsp3) is 0.0556. The van der Waals surface area contributed by atoms with Gasteiger partial charge in [-0.25, -0.2) is 18.7 Å². The van der Waals surface area contributed by atoms with Gasteiger partial charge in [0.15, 0.2) is 0 Å². The van der Waals surface area contributed by atoms with E-state index in [1.54, 1.807) is 12.4 Å². The molecule has 0 aliphatic rings. The Morgan fingerprint density at radius 2 is 1.61 bits per heavy atom. The Labute approximate surface area is 132 Å². The molecule has 0 N–H and O–H groups in total. The van der Waals surface area contributed by atoms with Crippen molar-refractivity contribution < 1.29 is 8.78 Å². The molecule has 1 aromatic carbocycles. The summed E-state index contributed by atoms with van der Waals surface area (Å²) in [6.07, 6.45) is 3.72. The van der Waals surface area contributed by atoms with Gasteiger partial charge in [0.05, 0.1) is 0 Å². The van der Waals surface area contributed by atoms with E-state index in [9.17, 15) is 8.78 Å². The number of alkyl halides is 2. The smallest absolute Gasteiger partial charge is 0.254 e. The SMILES string of the molecule is FC(F)c1ccc(C#Cc2cccc(-c3cncnc3)c2)cn1. The summed E-state index contributed by atoms with van der Waals surface area (Å²) in [5, 5.41) is 0. The first-order chi connectivity index (χ1) is 11.2. The maximum atomic E-state index is 12.4. The van der Waals surface area contributed by atoms with Crippen LogP contribution in [0.15, 0.2) is 61.3 Å². The molecule has 3 rings (SSSR count). The minimum absolute atomic E-state index is 0.248. The fourth-order valence-corrected chi connectivity index (χ4v) is 1.98. The van der Waals surface area contributed by atoms with Crippen molar-refractivity contribution in [2.75, 3.05) is 0 Å². The molecular formula is C18H11F2N3. The van der Waals surface area contributed by atoms with Crippen LogP contribution in [0.3, 0.4) is 0 Å². The highest BCUT2D eigenvalue weighted by molar-refractivity contribution is 5.63. The van der Waals surface area contributed by atoms with Crippen molar-refractivity contribution in [2.45, 2.75) is 6.43 Å². The van der Waals surface area contributed by atoms with Crippen LogP contribution in [0.1, 0.15) is 23.2 Å². The zero-order chi connectivity index (χ0) is 16.1. The highest BCUT2D eigenvalue weighted by Crippen LogP contribution is 2.18. The average molecular weight is 307 g/mol. The average Bonchev–Trinajstić information content (AvgIpc) is 2.61. The zero-order valence-corrected chi connectivity index (χ0v) is 11.9. The fourth-order valence-electron chi connectivity index (χ4n) is 1.98. The largest absolute Gasteiger partial charge is 0.280 e. The van der Waals surface area contributed by atoms with Crippen LogP contribution in [0.25, 0.3) is 11.1 Å². The number of halogens is 2. The molecule has 0 bridgehead atoms. The maximum Gasteiger partial charge on any atom is 0.280 e. The molecule has 5 heteroatoms. The van der Waals surface area contributed by atoms with E-state index in [-0.39, 0.29) is 5.69 Å². The van der Waals surface area contributed by atoms with Crippen molar-refractivity contribution in [2.24, 2.45) is 0 Å². The summed E-state index contributed by atoms with van der Waals surface area (Å²) in [7, 11) is 0. The lowest BCUT2D eigenvalue weighted by atomic mass is 10.1. The van der Waals surface area contributed by atoms with Crippen molar-refractivity contribution >= 4 is 0 Å². The van der Waals surface area contributed by atoms with Crippen LogP contribution in [0.4, 0.5) is 8.78 Å². The van der Waals surface area contributed by atoms with Crippen molar-refractivity contribution in [3.8, 4) is 23.0 Å². The molecule has 0 saturated heterocycles. The monoisotopic (exact) mass is 307 g/mol. The minimum atomic E-state index is -2.57. The lowest BCUT2D eigenvalue weighted by Crippen LogP contribution is -1.89. The summed E-state index contributed by atoms with van der Waals surface area (Å²) >= 11 is 0. The Morgan fingerprint density at radius 1 is 0.826 bits per heavy atom. The molecule has 0 radical (unpaired) electrons. The van der Waals surface area contributed by atoms with Gasteiger partial charge in [-0.05, 0) is 29.8 Å². The van der Waals surface area contributed by atoms with Crippen LogP contribution >= 0.6 is 0 Å². The normalized spacial score (nSPS) is 10.2. The number of pyridine rings is 1. The predicted molar refractivity (Wildman–Crippen MR) is 82.6 cm³/mol. The molecule has 0 atom stereocenters. The molecule has 0 amide bonds. The van der Waals surface area contributed by atoms with E-state index in [0.29, 0.717) is 5.56 Å². The molecule has 0 aliphatic heterocycles. The highest BCUT2D eigenvalue weighted by atomic mass is 19.3. The Morgan fingerprint density at radius 3 is 2.30 bits per heavy atom. The Hall–Kier alpha value is -3.13. The van der Waals surface area contributed by atoms with Gasteiger partial charge < -0.3 is 0 Å². The lowest BCUT2D eigenvalue weighted by Gasteiger charge is -2.00. The van der Waals surface area contributed by atoms with Crippen LogP contribution in [-0.2, 0) is 0 Å². The third-order valence-corrected chi connectivity index (χ3v) is 3.12. The van der Waals surface area contributed by atoms with Gasteiger partial charge >= 0.3 is 0 Å². The number of benzene rings is 1. The second kappa shape index (κ2) is 6.75. The second-order valence-electron chi connectivity index (χ2n) is 4.73. The molecule has 0 spiro atoms. The van der Waals surface area contributed by atoms with Gasteiger partial charge in [0.25, 0.3) is 6.43 Å². The van der Waals surface area contributed by atoms with Gasteiger partial charge in [-0.15, -0.1) is 0 Å². The zero-order valence-electron chi connectivity index (χ0n) is 11.9. The van der Waals surface area contributed by atoms with Crippen LogP contribution in [0.5, 0.6) is 0 Å². The molecule has 3 nitrogen and oxygen atoms in total. The molecule has 3 aromatic rings. The lowest BCUT2D eigenvalue weighted by molar-refractivity contribution is 0.146. The van der Waals surface area contributed by atoms with Crippen LogP contribution in [0, 0.1) is 11.8 Å². The summed E-state index contributed by atoms with van der Waals surface area (Å²) in [5.41, 5.74) is 3.01. The van der Waals surface area contributed by atoms with E-state index in [4.69, 9.17) is 0 Å². The summed E-state index contributed by atoms with van der Waals surface area (Å²) in [6.45, 7) is 0. The Bertz CT molecular complexity index is 851. The first kappa shape index (κ1) is 14.8. The molecule has 112 valence electrons. The van der Waals surface area contributed by atoms with Gasteiger partial charge in [-0.2, -0.15) is 0 Å². The maximum absolute atomic E-state index is 12.4. The van der Waals surface area contributed by atoms with E-state index >= 15 is 0 Å². The van der Waals surface area contributed by atoms with Crippen molar-refractivity contribution in [3.05, 3.63) is 78.1 Å². The van der Waals surface area contributed by atoms with Crippen LogP contribution < -0.4 is 0 Å². The molecular weight excluding hydrogens is 296 g/mol. The van der Waals surface area contributed by atoms with E-state index in [0.717, 1.165) is 16.7 Å². The van der Waals surface area contributed by atoms with E-state index in [1.165, 1.54) is 24.7 Å². The van der Waals surface area contributed by atoms with Crippen LogP contribution in [0.2, 0.25) is 0 Å². The summed E-state index contributed by atoms with van der Waals surface area (Å²) in [5.74, 6) is 5.92. The standard InChI is InChI=1S/C18H11F2N3/c19-18(20)17-7-6-14(9-23-17)5-4-13-2-1-3-15(8-13)16-10-21-12-22-11-16/h1-3,6-12,18H. The van der Waals surface area contributed by atoms with Gasteiger partial charge in [0.1, 0.15) is 12.0 Å². The first-order valence-electron chi connectivity index (χ1n) is 6.84. The molecule has 0 aliphatic carbocycles. The molecule has 2 heterocycles. The molecule has 0 saturated carbocycles. The van der Waals surface area contributed by atoms with Crippen molar-refractivity contribution in [1.29, 1.82) is 0 Å². The Kier molecular flexibility index (Phi) is 4.34. The van der Waals surface area contributed by atoms with Crippen LogP contribution in [-0.4, -0.2) is 15.0 Å². The predicted octanol–water partition coefficient (Wildman–Crippen LogP) is 3.88. The van der Waals surface area contributed by atoms with E-state index in [2.05, 4.69) is 26.8 Å². The van der Waals surface area contributed by atoms with E-state index < -0.39 is 6.43 Å². The highest BCUT2D eigenvalue weighted by Gasteiger charge is 2.06. The topological polar surface area (TPSA) is 38.7 Å². The van der Waals surface area contributed by atoms with Crippen molar-refractivity contribution in [1.82, 2.24) is 15.0 Å². The Balaban J connectivity index is 1.84. The minimum Gasteiger partial charge on any atom is -0.254 e.